The number of aliphatic hydroxyl groups excluding tert-OH is 1. The van der Waals surface area contributed by atoms with Crippen LogP contribution < -0.4 is 14.2 Å². The van der Waals surface area contributed by atoms with Crippen molar-refractivity contribution < 1.29 is 28.9 Å². The van der Waals surface area contributed by atoms with E-state index in [1.807, 2.05) is 25.9 Å². The van der Waals surface area contributed by atoms with Gasteiger partial charge in [0.1, 0.15) is 23.0 Å². The van der Waals surface area contributed by atoms with E-state index in [4.69, 9.17) is 14.2 Å². The molecule has 8 nitrogen and oxygen atoms in total. The van der Waals surface area contributed by atoms with Crippen LogP contribution in [0, 0.1) is 6.92 Å². The molecule has 0 radical (unpaired) electrons. The molecule has 1 N–H and O–H groups in total. The van der Waals surface area contributed by atoms with E-state index in [1.54, 1.807) is 50.6 Å². The Kier molecular flexibility index (Phi) is 7.28. The molecule has 0 aliphatic carbocycles. The van der Waals surface area contributed by atoms with Crippen molar-refractivity contribution in [2.24, 2.45) is 0 Å². The van der Waals surface area contributed by atoms with Gasteiger partial charge in [-0.2, -0.15) is 0 Å². The Hall–Kier alpha value is -3.52. The lowest BCUT2D eigenvalue weighted by Crippen LogP contribution is -2.35. The summed E-state index contributed by atoms with van der Waals surface area (Å²) in [5, 5.41) is 11.3. The van der Waals surface area contributed by atoms with Crippen molar-refractivity contribution in [2.75, 3.05) is 48.5 Å². The Labute approximate surface area is 194 Å². The average molecular weight is 455 g/mol. The SMILES string of the molecule is COc1ccc(/C(O)=C2\C(=O)C(=O)N(CCN(C)C)[C@H]2c2ccc(OC)cc2OC)c(C)c1. The highest BCUT2D eigenvalue weighted by Gasteiger charge is 2.47. The lowest BCUT2D eigenvalue weighted by molar-refractivity contribution is -0.140. The maximum absolute atomic E-state index is 13.2. The highest BCUT2D eigenvalue weighted by molar-refractivity contribution is 6.46. The maximum atomic E-state index is 13.2. The first-order chi connectivity index (χ1) is 15.7. The van der Waals surface area contributed by atoms with E-state index in [-0.39, 0.29) is 11.3 Å². The molecule has 0 unspecified atom stereocenters. The van der Waals surface area contributed by atoms with Crippen LogP contribution in [0.4, 0.5) is 0 Å². The molecule has 1 heterocycles. The van der Waals surface area contributed by atoms with Gasteiger partial charge < -0.3 is 29.1 Å². The molecule has 2 aromatic carbocycles. The first-order valence-electron chi connectivity index (χ1n) is 10.5. The molecule has 0 spiro atoms. The van der Waals surface area contributed by atoms with E-state index in [0.717, 1.165) is 0 Å². The summed E-state index contributed by atoms with van der Waals surface area (Å²) < 4.78 is 16.1. The van der Waals surface area contributed by atoms with Crippen LogP contribution in [-0.4, -0.2) is 75.1 Å². The number of rotatable bonds is 8. The summed E-state index contributed by atoms with van der Waals surface area (Å²) in [6, 6.07) is 9.52. The zero-order chi connectivity index (χ0) is 24.3. The van der Waals surface area contributed by atoms with Gasteiger partial charge in [0.05, 0.1) is 32.9 Å². The van der Waals surface area contributed by atoms with Crippen molar-refractivity contribution >= 4 is 17.4 Å². The van der Waals surface area contributed by atoms with Gasteiger partial charge in [-0.05, 0) is 56.9 Å². The van der Waals surface area contributed by atoms with E-state index >= 15 is 0 Å². The van der Waals surface area contributed by atoms with Crippen LogP contribution in [0.1, 0.15) is 22.7 Å². The molecule has 2 aromatic rings. The third kappa shape index (κ3) is 4.66. The number of benzene rings is 2. The van der Waals surface area contributed by atoms with Crippen molar-refractivity contribution in [3.8, 4) is 17.2 Å². The Balaban J connectivity index is 2.23. The van der Waals surface area contributed by atoms with E-state index in [2.05, 4.69) is 0 Å². The number of hydrogen-bond donors (Lipinski definition) is 1. The van der Waals surface area contributed by atoms with Crippen LogP contribution >= 0.6 is 0 Å². The third-order valence-corrected chi connectivity index (χ3v) is 5.75. The van der Waals surface area contributed by atoms with Gasteiger partial charge in [0.2, 0.25) is 0 Å². The molecule has 1 saturated heterocycles. The predicted molar refractivity (Wildman–Crippen MR) is 125 cm³/mol. The van der Waals surface area contributed by atoms with Crippen LogP contribution in [0.2, 0.25) is 0 Å². The molecule has 8 heteroatoms. The molecule has 1 aliphatic heterocycles. The number of ketones is 1. The van der Waals surface area contributed by atoms with Crippen LogP contribution in [-0.2, 0) is 9.59 Å². The van der Waals surface area contributed by atoms with Crippen molar-refractivity contribution in [2.45, 2.75) is 13.0 Å². The lowest BCUT2D eigenvalue weighted by Gasteiger charge is -2.28. The monoisotopic (exact) mass is 454 g/mol. The van der Waals surface area contributed by atoms with Crippen LogP contribution in [0.15, 0.2) is 42.0 Å². The normalized spacial score (nSPS) is 17.5. The van der Waals surface area contributed by atoms with Crippen molar-refractivity contribution in [1.82, 2.24) is 9.80 Å². The molecule has 3 rings (SSSR count). The van der Waals surface area contributed by atoms with Gasteiger partial charge in [0, 0.05) is 30.3 Å². The minimum Gasteiger partial charge on any atom is -0.507 e. The molecule has 33 heavy (non-hydrogen) atoms. The first-order valence-corrected chi connectivity index (χ1v) is 10.5. The Morgan fingerprint density at radius 1 is 1.00 bits per heavy atom. The van der Waals surface area contributed by atoms with Gasteiger partial charge >= 0.3 is 0 Å². The zero-order valence-corrected chi connectivity index (χ0v) is 19.8. The second kappa shape index (κ2) is 9.95. The maximum Gasteiger partial charge on any atom is 0.295 e. The summed E-state index contributed by atoms with van der Waals surface area (Å²) in [5.41, 5.74) is 1.78. The predicted octanol–water partition coefficient (Wildman–Crippen LogP) is 3.00. The molecular weight excluding hydrogens is 424 g/mol. The average Bonchev–Trinajstić information content (AvgIpc) is 3.06. The van der Waals surface area contributed by atoms with Gasteiger partial charge in [0.25, 0.3) is 11.7 Å². The first kappa shape index (κ1) is 24.1. The Morgan fingerprint density at radius 2 is 1.64 bits per heavy atom. The number of amides is 1. The molecule has 1 amide bonds. The number of hydrogen-bond acceptors (Lipinski definition) is 7. The summed E-state index contributed by atoms with van der Waals surface area (Å²) in [6.45, 7) is 2.65. The summed E-state index contributed by atoms with van der Waals surface area (Å²) >= 11 is 0. The standard InChI is InChI=1S/C25H30N2O6/c1-15-13-16(31-4)7-9-18(15)23(28)21-22(19-10-8-17(32-5)14-20(19)33-6)27(12-11-26(2)3)25(30)24(21)29/h7-10,13-14,22,28H,11-12H2,1-6H3/b23-21+/t22-/m0/s1. The number of likely N-dealkylation sites (tertiary alicyclic amines) is 1. The number of aryl methyl sites for hydroxylation is 1. The highest BCUT2D eigenvalue weighted by Crippen LogP contribution is 2.44. The van der Waals surface area contributed by atoms with Crippen molar-refractivity contribution in [3.05, 3.63) is 58.7 Å². The van der Waals surface area contributed by atoms with Crippen molar-refractivity contribution in [1.29, 1.82) is 0 Å². The molecule has 1 fully saturated rings. The zero-order valence-electron chi connectivity index (χ0n) is 19.8. The van der Waals surface area contributed by atoms with Gasteiger partial charge in [-0.1, -0.05) is 0 Å². The molecule has 0 aromatic heterocycles. The number of aliphatic hydroxyl groups is 1. The fourth-order valence-electron chi connectivity index (χ4n) is 3.96. The number of carbonyl (C=O) groups is 2. The van der Waals surface area contributed by atoms with E-state index in [9.17, 15) is 14.7 Å². The van der Waals surface area contributed by atoms with Gasteiger partial charge in [-0.3, -0.25) is 9.59 Å². The van der Waals surface area contributed by atoms with Crippen LogP contribution in [0.5, 0.6) is 17.2 Å². The van der Waals surface area contributed by atoms with Gasteiger partial charge in [-0.25, -0.2) is 0 Å². The summed E-state index contributed by atoms with van der Waals surface area (Å²) in [6.07, 6.45) is 0. The second-order valence-electron chi connectivity index (χ2n) is 8.08. The number of ether oxygens (including phenoxy) is 3. The number of likely N-dealkylation sites (N-methyl/N-ethyl adjacent to an activating group) is 1. The fourth-order valence-corrected chi connectivity index (χ4v) is 3.96. The van der Waals surface area contributed by atoms with E-state index < -0.39 is 17.7 Å². The second-order valence-corrected chi connectivity index (χ2v) is 8.08. The summed E-state index contributed by atoms with van der Waals surface area (Å²) in [7, 11) is 8.39. The van der Waals surface area contributed by atoms with Gasteiger partial charge in [-0.15, -0.1) is 0 Å². The van der Waals surface area contributed by atoms with E-state index in [0.29, 0.717) is 47.0 Å². The number of nitrogens with zero attached hydrogens (tertiary/aromatic N) is 2. The Bertz CT molecular complexity index is 1090. The molecule has 1 aliphatic rings. The smallest absolute Gasteiger partial charge is 0.295 e. The number of carbonyl (C=O) groups excluding carboxylic acids is 2. The minimum atomic E-state index is -0.813. The molecule has 0 saturated carbocycles. The molecule has 0 bridgehead atoms. The lowest BCUT2D eigenvalue weighted by atomic mass is 9.93. The van der Waals surface area contributed by atoms with Gasteiger partial charge in [0.15, 0.2) is 0 Å². The van der Waals surface area contributed by atoms with Crippen molar-refractivity contribution in [3.63, 3.8) is 0 Å². The summed E-state index contributed by atoms with van der Waals surface area (Å²) in [5.74, 6) is 0.0321. The number of methoxy groups -OCH3 is 3. The van der Waals surface area contributed by atoms with Crippen LogP contribution in [0.3, 0.4) is 0 Å². The quantitative estimate of drug-likeness (QED) is 0.373. The Morgan fingerprint density at radius 3 is 2.21 bits per heavy atom. The van der Waals surface area contributed by atoms with E-state index in [1.165, 1.54) is 12.0 Å². The number of Topliss-reactive ketones (excluding diaryl/α,β-unsaturated/α-hetero) is 1. The van der Waals surface area contributed by atoms with Crippen LogP contribution in [0.25, 0.3) is 5.76 Å². The summed E-state index contributed by atoms with van der Waals surface area (Å²) in [4.78, 5) is 29.7. The minimum absolute atomic E-state index is 0.0236. The molecule has 176 valence electrons. The fraction of sp³-hybridized carbons (Fsp3) is 0.360. The topological polar surface area (TPSA) is 88.5 Å². The largest absolute Gasteiger partial charge is 0.507 e. The molecule has 1 atom stereocenters. The molecular formula is C25H30N2O6. The highest BCUT2D eigenvalue weighted by atomic mass is 16.5. The third-order valence-electron chi connectivity index (χ3n) is 5.75.